The molecule has 122 valence electrons. The molecule has 0 radical (unpaired) electrons. The van der Waals surface area contributed by atoms with Gasteiger partial charge in [0.2, 0.25) is 0 Å². The molecule has 1 aromatic carbocycles. The van der Waals surface area contributed by atoms with Gasteiger partial charge in [0, 0.05) is 35.6 Å². The first-order valence-corrected chi connectivity index (χ1v) is 8.18. The third-order valence-electron chi connectivity index (χ3n) is 4.08. The predicted molar refractivity (Wildman–Crippen MR) is 91.6 cm³/mol. The monoisotopic (exact) mass is 312 g/mol. The van der Waals surface area contributed by atoms with E-state index in [0.717, 1.165) is 29.0 Å². The molecule has 0 aliphatic carbocycles. The number of pyridine rings is 1. The zero-order valence-electron chi connectivity index (χ0n) is 14.0. The predicted octanol–water partition coefficient (Wildman–Crippen LogP) is 3.95. The average Bonchev–Trinajstić information content (AvgIpc) is 2.52. The van der Waals surface area contributed by atoms with E-state index in [4.69, 9.17) is 15.2 Å². The molecule has 0 saturated heterocycles. The van der Waals surface area contributed by atoms with Crippen LogP contribution in [0.25, 0.3) is 11.1 Å². The van der Waals surface area contributed by atoms with Gasteiger partial charge in [-0.05, 0) is 43.0 Å². The summed E-state index contributed by atoms with van der Waals surface area (Å²) in [7, 11) is 0. The summed E-state index contributed by atoms with van der Waals surface area (Å²) >= 11 is 0. The van der Waals surface area contributed by atoms with Crippen LogP contribution in [0, 0.1) is 5.92 Å². The fourth-order valence-electron chi connectivity index (χ4n) is 3.02. The highest BCUT2D eigenvalue weighted by atomic mass is 16.5. The Morgan fingerprint density at radius 3 is 2.87 bits per heavy atom. The van der Waals surface area contributed by atoms with Crippen LogP contribution in [0.4, 0.5) is 0 Å². The molecule has 4 nitrogen and oxygen atoms in total. The molecule has 0 spiro atoms. The van der Waals surface area contributed by atoms with Crippen molar-refractivity contribution in [3.8, 4) is 22.6 Å². The summed E-state index contributed by atoms with van der Waals surface area (Å²) in [6, 6.07) is 8.06. The van der Waals surface area contributed by atoms with Crippen molar-refractivity contribution in [3.63, 3.8) is 0 Å². The lowest BCUT2D eigenvalue weighted by Crippen LogP contribution is -2.29. The van der Waals surface area contributed by atoms with Gasteiger partial charge in [-0.15, -0.1) is 0 Å². The Morgan fingerprint density at radius 1 is 1.26 bits per heavy atom. The van der Waals surface area contributed by atoms with E-state index >= 15 is 0 Å². The van der Waals surface area contributed by atoms with Crippen LogP contribution in [0.1, 0.15) is 38.9 Å². The Hall–Kier alpha value is -2.07. The molecule has 4 heteroatoms. The number of rotatable bonds is 5. The van der Waals surface area contributed by atoms with E-state index in [1.165, 1.54) is 5.56 Å². The van der Waals surface area contributed by atoms with E-state index in [9.17, 15) is 0 Å². The first-order chi connectivity index (χ1) is 11.0. The number of hydrogen-bond donors (Lipinski definition) is 1. The van der Waals surface area contributed by atoms with Crippen molar-refractivity contribution in [2.75, 3.05) is 6.61 Å². The van der Waals surface area contributed by atoms with Crippen molar-refractivity contribution in [2.45, 2.75) is 39.3 Å². The number of benzene rings is 1. The number of nitrogens with two attached hydrogens (primary N) is 1. The topological polar surface area (TPSA) is 57.4 Å². The van der Waals surface area contributed by atoms with Gasteiger partial charge >= 0.3 is 0 Å². The summed E-state index contributed by atoms with van der Waals surface area (Å²) in [5, 5.41) is 0. The highest BCUT2D eigenvalue weighted by Crippen LogP contribution is 2.43. The summed E-state index contributed by atoms with van der Waals surface area (Å²) < 4.78 is 11.9. The number of hydrogen-bond acceptors (Lipinski definition) is 4. The Bertz CT molecular complexity index is 685. The quantitative estimate of drug-likeness (QED) is 0.908. The Morgan fingerprint density at radius 2 is 2.09 bits per heavy atom. The van der Waals surface area contributed by atoms with Gasteiger partial charge in [0.25, 0.3) is 0 Å². The highest BCUT2D eigenvalue weighted by Gasteiger charge is 2.23. The van der Waals surface area contributed by atoms with E-state index in [-0.39, 0.29) is 12.1 Å². The van der Waals surface area contributed by atoms with Crippen LogP contribution in [-0.2, 0) is 0 Å². The minimum atomic E-state index is -0.00959. The Balaban J connectivity index is 1.78. The molecule has 2 aromatic rings. The number of fused-ring (bicyclic) bond motifs is 3. The molecule has 1 aromatic heterocycles. The van der Waals surface area contributed by atoms with E-state index < -0.39 is 0 Å². The third kappa shape index (κ3) is 3.48. The van der Waals surface area contributed by atoms with Crippen LogP contribution in [0.2, 0.25) is 0 Å². The highest BCUT2D eigenvalue weighted by molar-refractivity contribution is 5.76. The second-order valence-electron chi connectivity index (χ2n) is 6.58. The zero-order valence-corrected chi connectivity index (χ0v) is 14.0. The summed E-state index contributed by atoms with van der Waals surface area (Å²) in [5.41, 5.74) is 9.46. The molecule has 1 unspecified atom stereocenters. The van der Waals surface area contributed by atoms with Crippen LogP contribution in [0.3, 0.4) is 0 Å². The zero-order chi connectivity index (χ0) is 16.4. The Kier molecular flexibility index (Phi) is 4.53. The second kappa shape index (κ2) is 6.59. The number of aromatic nitrogens is 1. The van der Waals surface area contributed by atoms with Gasteiger partial charge in [0.1, 0.15) is 24.2 Å². The number of nitrogens with zero attached hydrogens (tertiary/aromatic N) is 1. The second-order valence-corrected chi connectivity index (χ2v) is 6.58. The van der Waals surface area contributed by atoms with Crippen LogP contribution in [-0.4, -0.2) is 17.6 Å². The van der Waals surface area contributed by atoms with Gasteiger partial charge in [-0.3, -0.25) is 4.98 Å². The van der Waals surface area contributed by atoms with Crippen molar-refractivity contribution in [1.82, 2.24) is 4.98 Å². The lowest BCUT2D eigenvalue weighted by molar-refractivity contribution is 0.220. The van der Waals surface area contributed by atoms with Gasteiger partial charge in [-0.1, -0.05) is 13.8 Å². The molecule has 2 atom stereocenters. The Labute approximate surface area is 137 Å². The number of ether oxygens (including phenoxy) is 2. The lowest BCUT2D eigenvalue weighted by atomic mass is 9.95. The molecule has 23 heavy (non-hydrogen) atoms. The summed E-state index contributed by atoms with van der Waals surface area (Å²) in [4.78, 5) is 4.19. The SMILES string of the molecule is CC(C)C[C@H](N)COc1ccc2c(c1)OC(C)c1cnccc1-2. The van der Waals surface area contributed by atoms with Gasteiger partial charge in [0.05, 0.1) is 0 Å². The van der Waals surface area contributed by atoms with Gasteiger partial charge < -0.3 is 15.2 Å². The van der Waals surface area contributed by atoms with Gasteiger partial charge in [-0.25, -0.2) is 0 Å². The first kappa shape index (κ1) is 15.8. The minimum absolute atomic E-state index is 0.00959. The molecule has 0 bridgehead atoms. The maximum atomic E-state index is 6.08. The maximum Gasteiger partial charge on any atom is 0.131 e. The van der Waals surface area contributed by atoms with Crippen LogP contribution in [0.15, 0.2) is 36.7 Å². The third-order valence-corrected chi connectivity index (χ3v) is 4.08. The summed E-state index contributed by atoms with van der Waals surface area (Å²) in [6.07, 6.45) is 4.64. The van der Waals surface area contributed by atoms with Crippen LogP contribution >= 0.6 is 0 Å². The van der Waals surface area contributed by atoms with Gasteiger partial charge in [0.15, 0.2) is 0 Å². The molecule has 3 rings (SSSR count). The fraction of sp³-hybridized carbons (Fsp3) is 0.421. The molecule has 2 heterocycles. The first-order valence-electron chi connectivity index (χ1n) is 8.18. The van der Waals surface area contributed by atoms with Crippen LogP contribution in [0.5, 0.6) is 11.5 Å². The van der Waals surface area contributed by atoms with Gasteiger partial charge in [-0.2, -0.15) is 0 Å². The van der Waals surface area contributed by atoms with E-state index in [0.29, 0.717) is 12.5 Å². The normalized spacial score (nSPS) is 17.2. The van der Waals surface area contributed by atoms with E-state index in [2.05, 4.69) is 18.8 Å². The van der Waals surface area contributed by atoms with Crippen molar-refractivity contribution in [3.05, 3.63) is 42.2 Å². The lowest BCUT2D eigenvalue weighted by Gasteiger charge is -2.26. The molecule has 1 aliphatic heterocycles. The van der Waals surface area contributed by atoms with Crippen molar-refractivity contribution < 1.29 is 9.47 Å². The summed E-state index contributed by atoms with van der Waals surface area (Å²) in [5.74, 6) is 2.23. The van der Waals surface area contributed by atoms with Crippen LogP contribution < -0.4 is 15.2 Å². The molecular formula is C19H24N2O2. The fourth-order valence-corrected chi connectivity index (χ4v) is 3.02. The summed E-state index contributed by atoms with van der Waals surface area (Å²) in [6.45, 7) is 6.89. The maximum absolute atomic E-state index is 6.08. The van der Waals surface area contributed by atoms with Crippen molar-refractivity contribution >= 4 is 0 Å². The largest absolute Gasteiger partial charge is 0.492 e. The molecule has 2 N–H and O–H groups in total. The average molecular weight is 312 g/mol. The smallest absolute Gasteiger partial charge is 0.131 e. The minimum Gasteiger partial charge on any atom is -0.492 e. The molecule has 1 aliphatic rings. The van der Waals surface area contributed by atoms with Crippen molar-refractivity contribution in [1.29, 1.82) is 0 Å². The standard InChI is InChI=1S/C19H24N2O2/c1-12(2)8-14(20)11-22-15-4-5-17-16-6-7-21-10-18(16)13(3)23-19(17)9-15/h4-7,9-10,12-14H,8,11,20H2,1-3H3/t13?,14-/m0/s1. The molecule has 0 saturated carbocycles. The van der Waals surface area contributed by atoms with Crippen molar-refractivity contribution in [2.24, 2.45) is 11.7 Å². The molecule has 0 amide bonds. The molecule has 0 fully saturated rings. The van der Waals surface area contributed by atoms with E-state index in [1.54, 1.807) is 0 Å². The van der Waals surface area contributed by atoms with E-state index in [1.807, 2.05) is 43.6 Å². The molecular weight excluding hydrogens is 288 g/mol.